The fraction of sp³-hybridized carbons (Fsp3) is 0.438. The molecule has 3 aliphatic rings. The molecule has 3 aromatic rings. The number of aromatic nitrogens is 1. The van der Waals surface area contributed by atoms with Gasteiger partial charge in [-0.1, -0.05) is 54.5 Å². The van der Waals surface area contributed by atoms with E-state index in [0.29, 0.717) is 23.8 Å². The summed E-state index contributed by atoms with van der Waals surface area (Å²) >= 11 is 1.42. The molecule has 0 radical (unpaired) electrons. The number of para-hydroxylation sites is 1. The summed E-state index contributed by atoms with van der Waals surface area (Å²) in [6, 6.07) is 13.7. The van der Waals surface area contributed by atoms with Crippen molar-refractivity contribution in [3.63, 3.8) is 0 Å². The maximum absolute atomic E-state index is 14.3. The number of hydrogen-bond acceptors (Lipinski definition) is 8. The molecule has 2 aromatic carbocycles. The second kappa shape index (κ2) is 12.2. The Morgan fingerprint density at radius 1 is 1.16 bits per heavy atom. The molecule has 10 nitrogen and oxygen atoms in total. The van der Waals surface area contributed by atoms with E-state index in [2.05, 4.69) is 15.6 Å². The summed E-state index contributed by atoms with van der Waals surface area (Å²) in [5, 5.41) is 16.8. The number of allylic oxidation sites excluding steroid dienone is 1. The Morgan fingerprint density at radius 3 is 2.84 bits per heavy atom. The number of thiazole rings is 1. The third-order valence-electron chi connectivity index (χ3n) is 8.57. The minimum Gasteiger partial charge on any atom is -0.497 e. The molecule has 1 saturated carbocycles. The summed E-state index contributed by atoms with van der Waals surface area (Å²) in [4.78, 5) is 46.6. The highest BCUT2D eigenvalue weighted by Crippen LogP contribution is 2.45. The zero-order valence-corrected chi connectivity index (χ0v) is 24.8. The summed E-state index contributed by atoms with van der Waals surface area (Å²) in [5.74, 6) is -1.36. The van der Waals surface area contributed by atoms with Gasteiger partial charge in [0.05, 0.1) is 23.9 Å². The molecule has 226 valence electrons. The van der Waals surface area contributed by atoms with E-state index in [1.165, 1.54) is 11.3 Å². The average molecular weight is 605 g/mol. The van der Waals surface area contributed by atoms with Crippen LogP contribution in [0, 0.1) is 5.92 Å². The van der Waals surface area contributed by atoms with Gasteiger partial charge >= 0.3 is 5.97 Å². The smallest absolute Gasteiger partial charge is 0.330 e. The standard InChI is InChI=1S/C32H36N4O6S/c1-41-22-12-9-11-21(16-22)33-25-14-6-4-2-3-5-10-20-18-32(20,30(39)40)35-28(37)26-17-23(19-36(26)29(25)38)42-31-34-24-13-7-8-15-27(24)43-31/h5,7-13,15-16,20,23,25-26,33H,2-4,6,14,17-19H2,1H3,(H,35,37)(H,39,40)/b10-5-/t20-,23-,25+,26+,32-/m1/s1. The highest BCUT2D eigenvalue weighted by Gasteiger charge is 2.61. The molecule has 5 atom stereocenters. The van der Waals surface area contributed by atoms with E-state index in [9.17, 15) is 19.5 Å². The van der Waals surface area contributed by atoms with Crippen molar-refractivity contribution in [2.24, 2.45) is 5.92 Å². The minimum absolute atomic E-state index is 0.187. The average Bonchev–Trinajstić information content (AvgIpc) is 3.32. The van der Waals surface area contributed by atoms with Crippen molar-refractivity contribution in [2.75, 3.05) is 19.0 Å². The van der Waals surface area contributed by atoms with E-state index < -0.39 is 35.6 Å². The Balaban J connectivity index is 1.29. The number of anilines is 1. The van der Waals surface area contributed by atoms with E-state index >= 15 is 0 Å². The Bertz CT molecular complexity index is 1510. The van der Waals surface area contributed by atoms with Crippen LogP contribution in [0.1, 0.15) is 44.9 Å². The van der Waals surface area contributed by atoms with Gasteiger partial charge < -0.3 is 30.1 Å². The van der Waals surface area contributed by atoms with Gasteiger partial charge in [-0.05, 0) is 49.9 Å². The molecule has 11 heteroatoms. The van der Waals surface area contributed by atoms with E-state index in [1.54, 1.807) is 12.0 Å². The van der Waals surface area contributed by atoms with E-state index in [-0.39, 0.29) is 24.8 Å². The number of nitrogens with zero attached hydrogens (tertiary/aromatic N) is 2. The Morgan fingerprint density at radius 2 is 2.02 bits per heavy atom. The van der Waals surface area contributed by atoms with Crippen LogP contribution in [0.2, 0.25) is 0 Å². The molecule has 6 rings (SSSR count). The van der Waals surface area contributed by atoms with Crippen molar-refractivity contribution in [2.45, 2.75) is 68.7 Å². The molecule has 0 bridgehead atoms. The number of carbonyl (C=O) groups is 3. The van der Waals surface area contributed by atoms with Gasteiger partial charge in [-0.15, -0.1) is 0 Å². The lowest BCUT2D eigenvalue weighted by Gasteiger charge is -2.30. The van der Waals surface area contributed by atoms with Crippen LogP contribution in [0.3, 0.4) is 0 Å². The second-order valence-corrected chi connectivity index (χ2v) is 12.5. The van der Waals surface area contributed by atoms with E-state index in [1.807, 2.05) is 60.7 Å². The number of hydrogen-bond donors (Lipinski definition) is 3. The molecule has 43 heavy (non-hydrogen) atoms. The number of methoxy groups -OCH3 is 1. The zero-order chi connectivity index (χ0) is 30.0. The van der Waals surface area contributed by atoms with E-state index in [0.717, 1.165) is 41.6 Å². The molecule has 3 heterocycles. The van der Waals surface area contributed by atoms with Crippen LogP contribution in [0.4, 0.5) is 5.69 Å². The highest BCUT2D eigenvalue weighted by molar-refractivity contribution is 7.20. The van der Waals surface area contributed by atoms with Crippen molar-refractivity contribution in [3.05, 3.63) is 60.7 Å². The molecule has 3 N–H and O–H groups in total. The normalized spacial score (nSPS) is 28.5. The topological polar surface area (TPSA) is 130 Å². The van der Waals surface area contributed by atoms with Crippen LogP contribution >= 0.6 is 11.3 Å². The van der Waals surface area contributed by atoms with Gasteiger partial charge in [0.1, 0.15) is 29.5 Å². The second-order valence-electron chi connectivity index (χ2n) is 11.5. The predicted octanol–water partition coefficient (Wildman–Crippen LogP) is 4.61. The highest BCUT2D eigenvalue weighted by atomic mass is 32.1. The fourth-order valence-electron chi connectivity index (χ4n) is 6.11. The largest absolute Gasteiger partial charge is 0.497 e. The number of carbonyl (C=O) groups excluding carboxylic acids is 2. The summed E-state index contributed by atoms with van der Waals surface area (Å²) < 4.78 is 12.6. The quantitative estimate of drug-likeness (QED) is 0.348. The van der Waals surface area contributed by atoms with Gasteiger partial charge in [0.15, 0.2) is 0 Å². The number of amides is 2. The van der Waals surface area contributed by atoms with E-state index in [4.69, 9.17) is 9.47 Å². The van der Waals surface area contributed by atoms with Gasteiger partial charge in [0.25, 0.3) is 5.19 Å². The van der Waals surface area contributed by atoms with Gasteiger partial charge in [0, 0.05) is 24.1 Å². The molecule has 0 spiro atoms. The number of carboxylic acid groups (broad SMARTS) is 1. The molecule has 2 amide bonds. The molecule has 1 saturated heterocycles. The van der Waals surface area contributed by atoms with Crippen molar-refractivity contribution < 1.29 is 29.0 Å². The number of benzene rings is 2. The summed E-state index contributed by atoms with van der Waals surface area (Å²) in [5.41, 5.74) is 0.210. The summed E-state index contributed by atoms with van der Waals surface area (Å²) in [7, 11) is 1.59. The van der Waals surface area contributed by atoms with Crippen molar-refractivity contribution in [1.82, 2.24) is 15.2 Å². The first-order valence-electron chi connectivity index (χ1n) is 14.8. The number of aliphatic carboxylic acids is 1. The third-order valence-corrected chi connectivity index (χ3v) is 9.50. The Labute approximate surface area is 254 Å². The number of fused-ring (bicyclic) bond motifs is 3. The van der Waals surface area contributed by atoms with Crippen molar-refractivity contribution in [1.29, 1.82) is 0 Å². The fourth-order valence-corrected chi connectivity index (χ4v) is 6.99. The molecular formula is C32H36N4O6S. The Hall–Kier alpha value is -4.12. The third kappa shape index (κ3) is 6.17. The van der Waals surface area contributed by atoms with Crippen molar-refractivity contribution in [3.8, 4) is 10.9 Å². The van der Waals surface area contributed by atoms with Crippen LogP contribution in [0.25, 0.3) is 10.2 Å². The van der Waals surface area contributed by atoms with Gasteiger partial charge in [-0.25, -0.2) is 9.78 Å². The number of rotatable bonds is 6. The maximum Gasteiger partial charge on any atom is 0.330 e. The predicted molar refractivity (Wildman–Crippen MR) is 163 cm³/mol. The molecule has 2 fully saturated rings. The van der Waals surface area contributed by atoms with Crippen molar-refractivity contribution >= 4 is 45.0 Å². The van der Waals surface area contributed by atoms with Crippen LogP contribution in [-0.2, 0) is 14.4 Å². The first-order chi connectivity index (χ1) is 20.9. The van der Waals surface area contributed by atoms with Crippen LogP contribution in [0.15, 0.2) is 60.7 Å². The van der Waals surface area contributed by atoms with Gasteiger partial charge in [0.2, 0.25) is 11.8 Å². The van der Waals surface area contributed by atoms with Crippen LogP contribution in [-0.4, -0.2) is 70.2 Å². The van der Waals surface area contributed by atoms with Crippen LogP contribution < -0.4 is 20.1 Å². The zero-order valence-electron chi connectivity index (χ0n) is 24.0. The first kappa shape index (κ1) is 29.0. The summed E-state index contributed by atoms with van der Waals surface area (Å²) in [6.07, 6.45) is 8.09. The number of carboxylic acids is 1. The molecule has 0 unspecified atom stereocenters. The molecule has 2 aliphatic heterocycles. The summed E-state index contributed by atoms with van der Waals surface area (Å²) in [6.45, 7) is 0.187. The van der Waals surface area contributed by atoms with Gasteiger partial charge in [-0.3, -0.25) is 9.59 Å². The first-order valence-corrected chi connectivity index (χ1v) is 15.6. The van der Waals surface area contributed by atoms with Gasteiger partial charge in [-0.2, -0.15) is 0 Å². The number of nitrogens with one attached hydrogen (secondary N) is 2. The minimum atomic E-state index is -1.35. The number of ether oxygens (including phenoxy) is 2. The molecular weight excluding hydrogens is 568 g/mol. The van der Waals surface area contributed by atoms with Crippen LogP contribution in [0.5, 0.6) is 10.9 Å². The Kier molecular flexibility index (Phi) is 8.25. The molecule has 1 aromatic heterocycles. The SMILES string of the molecule is COc1cccc(N[C@H]2CCCCC/C=C\[C@@H]3C[C@@]3(C(=O)O)NC(=O)[C@@H]3C[C@@H](Oc4nc5ccccc5s4)CN3C2=O)c1. The monoisotopic (exact) mass is 604 g/mol. The molecule has 1 aliphatic carbocycles. The lowest BCUT2D eigenvalue weighted by molar-refractivity contribution is -0.145. The lowest BCUT2D eigenvalue weighted by Crippen LogP contribution is -2.55. The maximum atomic E-state index is 14.3. The lowest BCUT2D eigenvalue weighted by atomic mass is 10.0.